The molecule has 1 amide bonds. The van der Waals surface area contributed by atoms with Gasteiger partial charge >= 0.3 is 6.43 Å². The van der Waals surface area contributed by atoms with Gasteiger partial charge in [0.15, 0.2) is 0 Å². The predicted octanol–water partition coefficient (Wildman–Crippen LogP) is 0.232. The summed E-state index contributed by atoms with van der Waals surface area (Å²) in [5.74, 6) is -1.08. The summed E-state index contributed by atoms with van der Waals surface area (Å²) in [6.07, 6.45) is -1.13. The van der Waals surface area contributed by atoms with Crippen LogP contribution >= 0.6 is 0 Å². The maximum atomic E-state index is 12.3. The van der Waals surface area contributed by atoms with Gasteiger partial charge in [0.2, 0.25) is 0 Å². The lowest BCUT2D eigenvalue weighted by Gasteiger charge is -2.44. The van der Waals surface area contributed by atoms with Crippen molar-refractivity contribution in [3.05, 3.63) is 0 Å². The second-order valence-electron chi connectivity index (χ2n) is 4.37. The summed E-state index contributed by atoms with van der Waals surface area (Å²) < 4.78 is 30.3. The van der Waals surface area contributed by atoms with Gasteiger partial charge in [0.25, 0.3) is 5.91 Å². The second kappa shape index (κ2) is 4.63. The van der Waals surface area contributed by atoms with Crippen molar-refractivity contribution in [3.63, 3.8) is 0 Å². The van der Waals surface area contributed by atoms with E-state index in [1.165, 1.54) is 4.90 Å². The number of alkyl halides is 2. The number of hydrogen-bond acceptors (Lipinski definition) is 3. The normalized spacial score (nSPS) is 31.1. The van der Waals surface area contributed by atoms with Crippen LogP contribution in [-0.4, -0.2) is 55.6 Å². The van der Waals surface area contributed by atoms with Crippen molar-refractivity contribution in [2.75, 3.05) is 32.8 Å². The summed E-state index contributed by atoms with van der Waals surface area (Å²) in [6.45, 7) is 2.46. The minimum absolute atomic E-state index is 0.269. The first kappa shape index (κ1) is 11.7. The highest BCUT2D eigenvalue weighted by Crippen LogP contribution is 2.26. The fraction of sp³-hybridized carbons (Fsp3) is 0.900. The smallest absolute Gasteiger partial charge is 0.315 e. The Morgan fingerprint density at radius 3 is 2.94 bits per heavy atom. The summed E-state index contributed by atoms with van der Waals surface area (Å²) in [6, 6.07) is 0. The van der Waals surface area contributed by atoms with Crippen molar-refractivity contribution in [1.82, 2.24) is 10.2 Å². The molecule has 6 heteroatoms. The number of halogens is 2. The number of hydrogen-bond donors (Lipinski definition) is 1. The van der Waals surface area contributed by atoms with E-state index in [4.69, 9.17) is 4.74 Å². The maximum absolute atomic E-state index is 12.3. The molecular formula is C10H16F2N2O2. The van der Waals surface area contributed by atoms with Crippen LogP contribution in [0.3, 0.4) is 0 Å². The quantitative estimate of drug-likeness (QED) is 0.706. The molecule has 0 aliphatic carbocycles. The SMILES string of the molecule is O=C(C(F)F)N1CCO[C@]2(CCCNC2)C1. The van der Waals surface area contributed by atoms with E-state index in [-0.39, 0.29) is 13.1 Å². The zero-order valence-electron chi connectivity index (χ0n) is 9.05. The molecule has 2 heterocycles. The Hall–Kier alpha value is -0.750. The standard InChI is InChI=1S/C10H16F2N2O2/c11-8(12)9(15)14-4-5-16-10(7-14)2-1-3-13-6-10/h8,13H,1-7H2/t10-/m0/s1. The molecular weight excluding hydrogens is 218 g/mol. The van der Waals surface area contributed by atoms with Crippen LogP contribution in [0.5, 0.6) is 0 Å². The summed E-state index contributed by atoms with van der Waals surface area (Å²) in [7, 11) is 0. The van der Waals surface area contributed by atoms with Crippen LogP contribution in [0.25, 0.3) is 0 Å². The molecule has 2 fully saturated rings. The Kier molecular flexibility index (Phi) is 3.39. The van der Waals surface area contributed by atoms with Gasteiger partial charge in [-0.05, 0) is 19.4 Å². The molecule has 2 rings (SSSR count). The van der Waals surface area contributed by atoms with E-state index in [1.807, 2.05) is 0 Å². The third kappa shape index (κ3) is 2.32. The summed E-state index contributed by atoms with van der Waals surface area (Å²) in [5.41, 5.74) is -0.443. The topological polar surface area (TPSA) is 41.6 Å². The monoisotopic (exact) mass is 234 g/mol. The van der Waals surface area contributed by atoms with E-state index >= 15 is 0 Å². The number of carbonyl (C=O) groups excluding carboxylic acids is 1. The highest BCUT2D eigenvalue weighted by atomic mass is 19.3. The highest BCUT2D eigenvalue weighted by Gasteiger charge is 2.40. The van der Waals surface area contributed by atoms with Crippen LogP contribution in [0.1, 0.15) is 12.8 Å². The maximum Gasteiger partial charge on any atom is 0.315 e. The molecule has 4 nitrogen and oxygen atoms in total. The number of nitrogens with one attached hydrogen (secondary N) is 1. The number of piperidine rings is 1. The Morgan fingerprint density at radius 2 is 2.31 bits per heavy atom. The summed E-state index contributed by atoms with van der Waals surface area (Å²) in [4.78, 5) is 12.4. The molecule has 0 saturated carbocycles. The minimum atomic E-state index is -2.91. The molecule has 0 aromatic carbocycles. The van der Waals surface area contributed by atoms with Gasteiger partial charge in [-0.1, -0.05) is 0 Å². The minimum Gasteiger partial charge on any atom is -0.370 e. The Morgan fingerprint density at radius 1 is 1.50 bits per heavy atom. The lowest BCUT2D eigenvalue weighted by molar-refractivity contribution is -0.163. The number of carbonyl (C=O) groups is 1. The van der Waals surface area contributed by atoms with E-state index in [0.29, 0.717) is 13.2 Å². The van der Waals surface area contributed by atoms with Gasteiger partial charge in [0, 0.05) is 13.1 Å². The molecule has 0 bridgehead atoms. The van der Waals surface area contributed by atoms with Gasteiger partial charge in [0.05, 0.1) is 18.8 Å². The third-order valence-corrected chi connectivity index (χ3v) is 3.18. The highest BCUT2D eigenvalue weighted by molar-refractivity contribution is 5.79. The molecule has 0 aromatic rings. The second-order valence-corrected chi connectivity index (χ2v) is 4.37. The first-order chi connectivity index (χ1) is 7.63. The summed E-state index contributed by atoms with van der Waals surface area (Å²) >= 11 is 0. The molecule has 16 heavy (non-hydrogen) atoms. The molecule has 2 saturated heterocycles. The van der Waals surface area contributed by atoms with Crippen molar-refractivity contribution < 1.29 is 18.3 Å². The van der Waals surface area contributed by atoms with Crippen LogP contribution in [0.15, 0.2) is 0 Å². The van der Waals surface area contributed by atoms with Crippen LogP contribution in [0, 0.1) is 0 Å². The first-order valence-corrected chi connectivity index (χ1v) is 5.55. The molecule has 2 aliphatic rings. The number of amides is 1. The third-order valence-electron chi connectivity index (χ3n) is 3.18. The first-order valence-electron chi connectivity index (χ1n) is 5.55. The van der Waals surface area contributed by atoms with Crippen LogP contribution in [0.2, 0.25) is 0 Å². The van der Waals surface area contributed by atoms with Gasteiger partial charge in [-0.3, -0.25) is 4.79 Å². The zero-order chi connectivity index (χ0) is 11.6. The van der Waals surface area contributed by atoms with Crippen LogP contribution in [0.4, 0.5) is 8.78 Å². The fourth-order valence-electron chi connectivity index (χ4n) is 2.37. The van der Waals surface area contributed by atoms with Crippen molar-refractivity contribution >= 4 is 5.91 Å². The molecule has 0 unspecified atom stereocenters. The molecule has 1 spiro atoms. The van der Waals surface area contributed by atoms with E-state index in [9.17, 15) is 13.6 Å². The number of nitrogens with zero attached hydrogens (tertiary/aromatic N) is 1. The molecule has 92 valence electrons. The Balaban J connectivity index is 2.00. The van der Waals surface area contributed by atoms with Gasteiger partial charge in [-0.25, -0.2) is 0 Å². The van der Waals surface area contributed by atoms with Crippen LogP contribution in [-0.2, 0) is 9.53 Å². The molecule has 2 aliphatic heterocycles. The molecule has 1 atom stereocenters. The van der Waals surface area contributed by atoms with Crippen molar-refractivity contribution in [3.8, 4) is 0 Å². The number of morpholine rings is 1. The van der Waals surface area contributed by atoms with E-state index < -0.39 is 17.9 Å². The van der Waals surface area contributed by atoms with Crippen molar-refractivity contribution in [2.45, 2.75) is 24.9 Å². The zero-order valence-corrected chi connectivity index (χ0v) is 9.05. The average Bonchev–Trinajstić information content (AvgIpc) is 2.29. The van der Waals surface area contributed by atoms with E-state index in [2.05, 4.69) is 5.32 Å². The van der Waals surface area contributed by atoms with Gasteiger partial charge < -0.3 is 15.0 Å². The number of ether oxygens (including phenoxy) is 1. The summed E-state index contributed by atoms with van der Waals surface area (Å²) in [5, 5.41) is 3.18. The van der Waals surface area contributed by atoms with Gasteiger partial charge in [-0.15, -0.1) is 0 Å². The van der Waals surface area contributed by atoms with E-state index in [0.717, 1.165) is 19.4 Å². The van der Waals surface area contributed by atoms with Crippen molar-refractivity contribution in [1.29, 1.82) is 0 Å². The predicted molar refractivity (Wildman–Crippen MR) is 53.4 cm³/mol. The van der Waals surface area contributed by atoms with Crippen molar-refractivity contribution in [2.24, 2.45) is 0 Å². The van der Waals surface area contributed by atoms with Gasteiger partial charge in [0.1, 0.15) is 0 Å². The Labute approximate surface area is 92.9 Å². The Bertz CT molecular complexity index is 262. The van der Waals surface area contributed by atoms with Crippen LogP contribution < -0.4 is 5.32 Å². The molecule has 1 N–H and O–H groups in total. The number of rotatable bonds is 1. The lowest BCUT2D eigenvalue weighted by Crippen LogP contribution is -2.60. The fourth-order valence-corrected chi connectivity index (χ4v) is 2.37. The largest absolute Gasteiger partial charge is 0.370 e. The van der Waals surface area contributed by atoms with Gasteiger partial charge in [-0.2, -0.15) is 8.78 Å². The van der Waals surface area contributed by atoms with E-state index in [1.54, 1.807) is 0 Å². The average molecular weight is 234 g/mol. The lowest BCUT2D eigenvalue weighted by atomic mass is 9.92. The molecule has 0 aromatic heterocycles. The molecule has 0 radical (unpaired) electrons.